The van der Waals surface area contributed by atoms with E-state index in [1.54, 1.807) is 19.9 Å². The Morgan fingerprint density at radius 2 is 1.57 bits per heavy atom. The molecule has 72 valence electrons. The van der Waals surface area contributed by atoms with Gasteiger partial charge in [-0.1, -0.05) is 12.2 Å². The van der Waals surface area contributed by atoms with Gasteiger partial charge in [0.1, 0.15) is 0 Å². The Hall–Kier alpha value is -1.51. The van der Waals surface area contributed by atoms with Crippen LogP contribution in [0.3, 0.4) is 0 Å². The highest BCUT2D eigenvalue weighted by molar-refractivity contribution is 6.40. The van der Waals surface area contributed by atoms with Gasteiger partial charge in [0.15, 0.2) is 22.8 Å². The van der Waals surface area contributed by atoms with Crippen LogP contribution in [-0.4, -0.2) is 17.3 Å². The zero-order valence-electron chi connectivity index (χ0n) is 8.09. The number of carbonyl (C=O) groups is 3. The molecule has 0 fully saturated rings. The van der Waals surface area contributed by atoms with Crippen molar-refractivity contribution in [1.82, 2.24) is 0 Å². The molecule has 0 aromatic carbocycles. The average molecular weight is 190 g/mol. The Morgan fingerprint density at radius 1 is 1.07 bits per heavy atom. The number of rotatable bonds is 0. The third kappa shape index (κ3) is 0.750. The highest BCUT2D eigenvalue weighted by Crippen LogP contribution is 2.41. The summed E-state index contributed by atoms with van der Waals surface area (Å²) in [5.41, 5.74) is -0.612. The number of allylic oxidation sites excluding steroid dienone is 4. The lowest BCUT2D eigenvalue weighted by Crippen LogP contribution is -2.38. The molecule has 14 heavy (non-hydrogen) atoms. The first-order valence-electron chi connectivity index (χ1n) is 4.50. The second-order valence-electron chi connectivity index (χ2n) is 3.75. The largest absolute Gasteiger partial charge is 0.297 e. The van der Waals surface area contributed by atoms with E-state index in [2.05, 4.69) is 0 Å². The molecule has 2 rings (SSSR count). The monoisotopic (exact) mass is 190 g/mol. The van der Waals surface area contributed by atoms with Crippen LogP contribution in [0.5, 0.6) is 0 Å². The molecule has 0 aromatic rings. The number of hydrogen-bond donors (Lipinski definition) is 0. The zero-order chi connectivity index (χ0) is 10.5. The minimum Gasteiger partial charge on any atom is -0.297 e. The van der Waals surface area contributed by atoms with Crippen LogP contribution in [0, 0.1) is 5.41 Å². The second-order valence-corrected chi connectivity index (χ2v) is 3.75. The lowest BCUT2D eigenvalue weighted by molar-refractivity contribution is -0.139. The Balaban J connectivity index is 2.63. The summed E-state index contributed by atoms with van der Waals surface area (Å²) >= 11 is 0. The van der Waals surface area contributed by atoms with E-state index < -0.39 is 5.41 Å². The van der Waals surface area contributed by atoms with Crippen LogP contribution < -0.4 is 0 Å². The molecule has 1 spiro atoms. The fraction of sp³-hybridized carbons (Fsp3) is 0.364. The maximum absolute atomic E-state index is 11.8. The van der Waals surface area contributed by atoms with Crippen LogP contribution in [0.2, 0.25) is 0 Å². The first kappa shape index (κ1) is 9.06. The summed E-state index contributed by atoms with van der Waals surface area (Å²) in [4.78, 5) is 35.2. The molecule has 3 heteroatoms. The maximum atomic E-state index is 11.8. The molecule has 0 saturated carbocycles. The van der Waals surface area contributed by atoms with E-state index in [9.17, 15) is 14.4 Å². The molecule has 0 atom stereocenters. The fourth-order valence-electron chi connectivity index (χ4n) is 2.04. The second kappa shape index (κ2) is 2.50. The predicted octanol–water partition coefficient (Wildman–Crippen LogP) is 0.990. The van der Waals surface area contributed by atoms with Gasteiger partial charge in [0.05, 0.1) is 0 Å². The zero-order valence-corrected chi connectivity index (χ0v) is 8.09. The van der Waals surface area contributed by atoms with Gasteiger partial charge < -0.3 is 0 Å². The van der Waals surface area contributed by atoms with Crippen LogP contribution in [-0.2, 0) is 14.4 Å². The molecule has 0 radical (unpaired) electrons. The summed E-state index contributed by atoms with van der Waals surface area (Å²) in [5.74, 6) is -0.957. The smallest absolute Gasteiger partial charge is 0.184 e. The van der Waals surface area contributed by atoms with Crippen LogP contribution in [0.25, 0.3) is 0 Å². The highest BCUT2D eigenvalue weighted by Gasteiger charge is 2.56. The molecular weight excluding hydrogens is 180 g/mol. The summed E-state index contributed by atoms with van der Waals surface area (Å²) in [6.07, 6.45) is 3.25. The number of hydrogen-bond acceptors (Lipinski definition) is 3. The van der Waals surface area contributed by atoms with E-state index in [-0.39, 0.29) is 23.8 Å². The van der Waals surface area contributed by atoms with Crippen LogP contribution >= 0.6 is 0 Å². The van der Waals surface area contributed by atoms with Crippen LogP contribution in [0.15, 0.2) is 23.3 Å². The van der Waals surface area contributed by atoms with Gasteiger partial charge in [-0.2, -0.15) is 0 Å². The van der Waals surface area contributed by atoms with Gasteiger partial charge >= 0.3 is 0 Å². The minimum absolute atomic E-state index is 0.192. The molecule has 0 N–H and O–H groups in total. The van der Waals surface area contributed by atoms with Crippen LogP contribution in [0.1, 0.15) is 20.3 Å². The molecule has 0 aliphatic heterocycles. The predicted molar refractivity (Wildman–Crippen MR) is 49.6 cm³/mol. The first-order chi connectivity index (χ1) is 6.51. The summed E-state index contributed by atoms with van der Waals surface area (Å²) in [6.45, 7) is 3.20. The summed E-state index contributed by atoms with van der Waals surface area (Å²) in [6, 6.07) is 0. The molecule has 0 amide bonds. The minimum atomic E-state index is -1.46. The normalized spacial score (nSPS) is 24.6. The molecule has 0 saturated heterocycles. The van der Waals surface area contributed by atoms with Gasteiger partial charge in [-0.3, -0.25) is 14.4 Å². The van der Waals surface area contributed by atoms with Crippen molar-refractivity contribution in [2.24, 2.45) is 5.41 Å². The van der Waals surface area contributed by atoms with Crippen molar-refractivity contribution in [1.29, 1.82) is 0 Å². The number of carbonyl (C=O) groups excluding carboxylic acids is 3. The van der Waals surface area contributed by atoms with Crippen molar-refractivity contribution in [3.63, 3.8) is 0 Å². The van der Waals surface area contributed by atoms with Crippen molar-refractivity contribution >= 4 is 17.3 Å². The van der Waals surface area contributed by atoms with Gasteiger partial charge in [0.2, 0.25) is 0 Å². The fourth-order valence-corrected chi connectivity index (χ4v) is 2.04. The van der Waals surface area contributed by atoms with Crippen molar-refractivity contribution in [3.05, 3.63) is 23.3 Å². The van der Waals surface area contributed by atoms with Gasteiger partial charge in [-0.25, -0.2) is 0 Å². The lowest BCUT2D eigenvalue weighted by Gasteiger charge is -2.15. The Labute approximate surface area is 81.5 Å². The van der Waals surface area contributed by atoms with Crippen LogP contribution in [0.4, 0.5) is 0 Å². The molecule has 2 aliphatic carbocycles. The highest BCUT2D eigenvalue weighted by atomic mass is 16.2. The maximum Gasteiger partial charge on any atom is 0.184 e. The topological polar surface area (TPSA) is 51.2 Å². The molecule has 0 aromatic heterocycles. The molecule has 0 heterocycles. The van der Waals surface area contributed by atoms with Crippen molar-refractivity contribution in [2.75, 3.05) is 0 Å². The first-order valence-corrected chi connectivity index (χ1v) is 4.50. The third-order valence-electron chi connectivity index (χ3n) is 3.07. The van der Waals surface area contributed by atoms with Crippen molar-refractivity contribution < 1.29 is 14.4 Å². The molecule has 3 nitrogen and oxygen atoms in total. The molecule has 2 aliphatic rings. The molecule has 0 bridgehead atoms. The van der Waals surface area contributed by atoms with E-state index in [1.807, 2.05) is 0 Å². The standard InChI is InChI=1S/C11H10O3/c1-6-7(2)10(14)11(9(6)13)5-3-4-8(11)12/h3,5H,4H2,1-2H3. The van der Waals surface area contributed by atoms with E-state index in [1.165, 1.54) is 6.08 Å². The number of Topliss-reactive ketones (excluding diaryl/α,β-unsaturated/α-hetero) is 3. The van der Waals surface area contributed by atoms with E-state index >= 15 is 0 Å². The summed E-state index contributed by atoms with van der Waals surface area (Å²) < 4.78 is 0. The SMILES string of the molecule is CC1=C(C)C(=O)C2(C=CCC2=O)C1=O. The van der Waals surface area contributed by atoms with Crippen molar-refractivity contribution in [3.8, 4) is 0 Å². The molecule has 0 unspecified atom stereocenters. The average Bonchev–Trinajstić information content (AvgIpc) is 2.62. The Kier molecular flexibility index (Phi) is 1.62. The van der Waals surface area contributed by atoms with Crippen molar-refractivity contribution in [2.45, 2.75) is 20.3 Å². The Bertz CT molecular complexity index is 400. The van der Waals surface area contributed by atoms with E-state index in [0.717, 1.165) is 0 Å². The van der Waals surface area contributed by atoms with Gasteiger partial charge in [-0.05, 0) is 13.8 Å². The summed E-state index contributed by atoms with van der Waals surface area (Å²) in [7, 11) is 0. The Morgan fingerprint density at radius 3 is 1.93 bits per heavy atom. The molecular formula is C11H10O3. The van der Waals surface area contributed by atoms with Gasteiger partial charge in [-0.15, -0.1) is 0 Å². The van der Waals surface area contributed by atoms with E-state index in [0.29, 0.717) is 11.1 Å². The lowest BCUT2D eigenvalue weighted by atomic mass is 9.80. The quantitative estimate of drug-likeness (QED) is 0.423. The van der Waals surface area contributed by atoms with Gasteiger partial charge in [0.25, 0.3) is 0 Å². The third-order valence-corrected chi connectivity index (χ3v) is 3.07. The van der Waals surface area contributed by atoms with Gasteiger partial charge in [0, 0.05) is 17.6 Å². The summed E-state index contributed by atoms with van der Waals surface area (Å²) in [5, 5.41) is 0. The number of ketones is 3. The van der Waals surface area contributed by atoms with E-state index in [4.69, 9.17) is 0 Å².